The molecule has 2 aromatic rings. The number of halogens is 3. The summed E-state index contributed by atoms with van der Waals surface area (Å²) in [6.07, 6.45) is 0. The molecule has 5 N–H and O–H groups in total. The van der Waals surface area contributed by atoms with Crippen molar-refractivity contribution in [2.45, 2.75) is 13.0 Å². The van der Waals surface area contributed by atoms with E-state index in [1.54, 1.807) is 17.4 Å². The fourth-order valence-electron chi connectivity index (χ4n) is 2.23. The number of carbonyl (C=O) groups excluding carboxylic acids is 2. The first-order valence-electron chi connectivity index (χ1n) is 7.45. The van der Waals surface area contributed by atoms with Gasteiger partial charge in [0.2, 0.25) is 5.91 Å². The van der Waals surface area contributed by atoms with E-state index in [1.165, 1.54) is 24.3 Å². The van der Waals surface area contributed by atoms with E-state index in [-0.39, 0.29) is 23.5 Å². The molecule has 25 heavy (non-hydrogen) atoms. The minimum atomic E-state index is -0.555. The number of rotatable bonds is 6. The summed E-state index contributed by atoms with van der Waals surface area (Å²) < 4.78 is 13.6. The molecule has 0 aromatic heterocycles. The molecule has 0 heterocycles. The van der Waals surface area contributed by atoms with Crippen LogP contribution in [0.3, 0.4) is 0 Å². The van der Waals surface area contributed by atoms with Crippen LogP contribution in [0.2, 0.25) is 10.0 Å². The van der Waals surface area contributed by atoms with Crippen LogP contribution in [0.25, 0.3) is 0 Å². The molecule has 0 aliphatic carbocycles. The number of carbonyl (C=O) groups is 2. The van der Waals surface area contributed by atoms with E-state index in [9.17, 15) is 14.0 Å². The standard InChI is InChI=1S/C17H16Cl2FN3O2/c1-9(12-6-15(20)14(19)7-13(12)18)22-8-16(24)23-11-4-2-10(3-5-11)17(21)25/h2-7,9,22H,8H2,1H3,(H2,21,25)(H,23,24)/p+1/t9-/m1/s1. The monoisotopic (exact) mass is 384 g/mol. The second-order valence-corrected chi connectivity index (χ2v) is 6.32. The van der Waals surface area contributed by atoms with Crippen molar-refractivity contribution < 1.29 is 19.3 Å². The van der Waals surface area contributed by atoms with Crippen molar-refractivity contribution in [3.8, 4) is 0 Å². The Bertz CT molecular complexity index is 797. The molecule has 0 aliphatic rings. The summed E-state index contributed by atoms with van der Waals surface area (Å²) in [7, 11) is 0. The fourth-order valence-corrected chi connectivity index (χ4v) is 2.78. The van der Waals surface area contributed by atoms with Gasteiger partial charge in [0.25, 0.3) is 5.91 Å². The molecule has 0 saturated carbocycles. The zero-order chi connectivity index (χ0) is 18.6. The van der Waals surface area contributed by atoms with E-state index in [4.69, 9.17) is 28.9 Å². The Balaban J connectivity index is 1.93. The Morgan fingerprint density at radius 3 is 2.44 bits per heavy atom. The summed E-state index contributed by atoms with van der Waals surface area (Å²) >= 11 is 11.7. The Kier molecular flexibility index (Phi) is 6.36. The van der Waals surface area contributed by atoms with Crippen LogP contribution in [0.4, 0.5) is 10.1 Å². The van der Waals surface area contributed by atoms with Gasteiger partial charge in [-0.05, 0) is 43.3 Å². The van der Waals surface area contributed by atoms with Crippen LogP contribution in [0.1, 0.15) is 28.9 Å². The Hall–Kier alpha value is -2.15. The van der Waals surface area contributed by atoms with Crippen molar-refractivity contribution in [3.05, 3.63) is 63.4 Å². The van der Waals surface area contributed by atoms with Gasteiger partial charge >= 0.3 is 0 Å². The van der Waals surface area contributed by atoms with E-state index >= 15 is 0 Å². The highest BCUT2D eigenvalue weighted by Crippen LogP contribution is 2.27. The van der Waals surface area contributed by atoms with Gasteiger partial charge in [-0.2, -0.15) is 0 Å². The van der Waals surface area contributed by atoms with Crippen LogP contribution in [-0.4, -0.2) is 18.4 Å². The van der Waals surface area contributed by atoms with E-state index in [1.807, 2.05) is 6.92 Å². The van der Waals surface area contributed by atoms with Crippen molar-refractivity contribution >= 4 is 40.7 Å². The van der Waals surface area contributed by atoms with Crippen molar-refractivity contribution in [2.75, 3.05) is 11.9 Å². The van der Waals surface area contributed by atoms with Gasteiger partial charge < -0.3 is 16.4 Å². The Labute approximate surface area is 154 Å². The number of nitrogens with one attached hydrogen (secondary N) is 1. The first-order valence-corrected chi connectivity index (χ1v) is 8.21. The topological polar surface area (TPSA) is 88.8 Å². The van der Waals surface area contributed by atoms with E-state index < -0.39 is 11.7 Å². The molecule has 2 rings (SSSR count). The molecular weight excluding hydrogens is 368 g/mol. The van der Waals surface area contributed by atoms with E-state index in [2.05, 4.69) is 5.32 Å². The highest BCUT2D eigenvalue weighted by Gasteiger charge is 2.17. The van der Waals surface area contributed by atoms with Crippen molar-refractivity contribution in [3.63, 3.8) is 0 Å². The molecule has 0 radical (unpaired) electrons. The molecule has 5 nitrogen and oxygen atoms in total. The maximum absolute atomic E-state index is 13.6. The fraction of sp³-hybridized carbons (Fsp3) is 0.176. The molecular formula is C17H17Cl2FN3O2+. The smallest absolute Gasteiger partial charge is 0.279 e. The molecule has 132 valence electrons. The molecule has 2 amide bonds. The molecule has 0 bridgehead atoms. The first kappa shape index (κ1) is 19.2. The predicted octanol–water partition coefficient (Wildman–Crippen LogP) is 2.49. The lowest BCUT2D eigenvalue weighted by atomic mass is 10.1. The molecule has 0 aliphatic heterocycles. The summed E-state index contributed by atoms with van der Waals surface area (Å²) in [5, 5.41) is 4.72. The number of primary amides is 1. The van der Waals surface area contributed by atoms with Gasteiger partial charge in [0.15, 0.2) is 6.54 Å². The SMILES string of the molecule is C[C@@H]([NH2+]CC(=O)Nc1ccc(C(N)=O)cc1)c1cc(F)c(Cl)cc1Cl. The van der Waals surface area contributed by atoms with Crippen LogP contribution >= 0.6 is 23.2 Å². The van der Waals surface area contributed by atoms with Gasteiger partial charge in [0.05, 0.1) is 10.0 Å². The zero-order valence-corrected chi connectivity index (χ0v) is 14.9. The number of nitrogens with two attached hydrogens (primary N) is 2. The summed E-state index contributed by atoms with van der Waals surface area (Å²) in [6.45, 7) is 1.92. The molecule has 0 unspecified atom stereocenters. The van der Waals surface area contributed by atoms with E-state index in [0.717, 1.165) is 0 Å². The van der Waals surface area contributed by atoms with Crippen LogP contribution in [0.5, 0.6) is 0 Å². The van der Waals surface area contributed by atoms with Crippen LogP contribution in [0.15, 0.2) is 36.4 Å². The maximum Gasteiger partial charge on any atom is 0.279 e. The molecule has 2 aromatic carbocycles. The van der Waals surface area contributed by atoms with E-state index in [0.29, 0.717) is 21.8 Å². The normalized spacial score (nSPS) is 11.8. The maximum atomic E-state index is 13.6. The summed E-state index contributed by atoms with van der Waals surface area (Å²) in [5.41, 5.74) is 6.62. The molecule has 0 spiro atoms. The minimum Gasteiger partial charge on any atom is -0.366 e. The predicted molar refractivity (Wildman–Crippen MR) is 95.2 cm³/mol. The van der Waals surface area contributed by atoms with Gasteiger partial charge in [0, 0.05) is 16.8 Å². The van der Waals surface area contributed by atoms with Crippen molar-refractivity contribution in [2.24, 2.45) is 5.73 Å². The largest absolute Gasteiger partial charge is 0.366 e. The van der Waals surface area contributed by atoms with Crippen LogP contribution < -0.4 is 16.4 Å². The number of hydrogen-bond donors (Lipinski definition) is 3. The van der Waals surface area contributed by atoms with Crippen molar-refractivity contribution in [1.29, 1.82) is 0 Å². The van der Waals surface area contributed by atoms with Gasteiger partial charge in [-0.3, -0.25) is 9.59 Å². The Morgan fingerprint density at radius 1 is 1.20 bits per heavy atom. The number of amides is 2. The minimum absolute atomic E-state index is 0.0434. The van der Waals surface area contributed by atoms with Gasteiger partial charge in [0.1, 0.15) is 11.9 Å². The zero-order valence-electron chi connectivity index (χ0n) is 13.4. The van der Waals surface area contributed by atoms with Crippen LogP contribution in [0, 0.1) is 5.82 Å². The van der Waals surface area contributed by atoms with Crippen LogP contribution in [-0.2, 0) is 4.79 Å². The highest BCUT2D eigenvalue weighted by molar-refractivity contribution is 6.35. The summed E-state index contributed by atoms with van der Waals surface area (Å²) in [4.78, 5) is 23.0. The lowest BCUT2D eigenvalue weighted by Gasteiger charge is -2.13. The molecule has 0 fully saturated rings. The van der Waals surface area contributed by atoms with Gasteiger partial charge in [-0.1, -0.05) is 23.2 Å². The highest BCUT2D eigenvalue weighted by atomic mass is 35.5. The molecule has 0 saturated heterocycles. The quantitative estimate of drug-likeness (QED) is 0.667. The first-order chi connectivity index (χ1) is 11.8. The summed E-state index contributed by atoms with van der Waals surface area (Å²) in [6, 6.07) is 8.62. The molecule has 1 atom stereocenters. The van der Waals surface area contributed by atoms with Crippen molar-refractivity contribution in [1.82, 2.24) is 0 Å². The second kappa shape index (κ2) is 8.29. The van der Waals surface area contributed by atoms with Gasteiger partial charge in [-0.15, -0.1) is 0 Å². The van der Waals surface area contributed by atoms with Gasteiger partial charge in [-0.25, -0.2) is 4.39 Å². The number of benzene rings is 2. The number of quaternary nitrogens is 1. The third kappa shape index (κ3) is 5.16. The lowest BCUT2D eigenvalue weighted by Crippen LogP contribution is -2.86. The third-order valence-corrected chi connectivity index (χ3v) is 4.26. The summed E-state index contributed by atoms with van der Waals surface area (Å²) in [5.74, 6) is -1.34. The third-order valence-electron chi connectivity index (χ3n) is 3.64. The average molecular weight is 385 g/mol. The molecule has 8 heteroatoms. The second-order valence-electron chi connectivity index (χ2n) is 5.51. The Morgan fingerprint density at radius 2 is 1.84 bits per heavy atom. The lowest BCUT2D eigenvalue weighted by molar-refractivity contribution is -0.682. The number of anilines is 1. The average Bonchev–Trinajstić information content (AvgIpc) is 2.56. The number of hydrogen-bond acceptors (Lipinski definition) is 2.